The lowest BCUT2D eigenvalue weighted by Crippen LogP contribution is -2.33. The zero-order chi connectivity index (χ0) is 9.35. The normalized spacial score (nSPS) is 24.6. The number of aliphatic carboxylic acids is 1. The molecule has 0 saturated heterocycles. The van der Waals surface area contributed by atoms with Crippen molar-refractivity contribution in [3.63, 3.8) is 0 Å². The van der Waals surface area contributed by atoms with E-state index in [0.717, 1.165) is 0 Å². The molecule has 1 saturated carbocycles. The van der Waals surface area contributed by atoms with Crippen LogP contribution < -0.4 is 5.73 Å². The van der Waals surface area contributed by atoms with Gasteiger partial charge in [-0.15, -0.1) is 0 Å². The average molecular weight is 171 g/mol. The first-order chi connectivity index (χ1) is 5.46. The van der Waals surface area contributed by atoms with Gasteiger partial charge in [-0.1, -0.05) is 13.8 Å². The van der Waals surface area contributed by atoms with Crippen LogP contribution in [-0.4, -0.2) is 17.1 Å². The highest BCUT2D eigenvalue weighted by Crippen LogP contribution is 2.52. The third kappa shape index (κ3) is 1.97. The second-order valence-electron chi connectivity index (χ2n) is 4.24. The van der Waals surface area contributed by atoms with Crippen LogP contribution in [0.3, 0.4) is 0 Å². The summed E-state index contributed by atoms with van der Waals surface area (Å²) in [5.74, 6) is -0.449. The lowest BCUT2D eigenvalue weighted by atomic mass is 9.87. The van der Waals surface area contributed by atoms with E-state index < -0.39 is 12.0 Å². The highest BCUT2D eigenvalue weighted by Gasteiger charge is 2.43. The third-order valence-corrected chi connectivity index (χ3v) is 3.15. The van der Waals surface area contributed by atoms with E-state index in [0.29, 0.717) is 17.8 Å². The Labute approximate surface area is 72.9 Å². The summed E-state index contributed by atoms with van der Waals surface area (Å²) in [5, 5.41) is 8.59. The Morgan fingerprint density at radius 2 is 2.17 bits per heavy atom. The van der Waals surface area contributed by atoms with Crippen LogP contribution in [0.1, 0.15) is 33.1 Å². The van der Waals surface area contributed by atoms with Crippen LogP contribution in [0.15, 0.2) is 0 Å². The molecule has 1 aliphatic rings. The minimum Gasteiger partial charge on any atom is -0.480 e. The van der Waals surface area contributed by atoms with Crippen LogP contribution in [0.5, 0.6) is 0 Å². The van der Waals surface area contributed by atoms with Crippen LogP contribution in [0, 0.1) is 11.3 Å². The van der Waals surface area contributed by atoms with Gasteiger partial charge in [-0.3, -0.25) is 4.79 Å². The molecule has 1 aliphatic carbocycles. The molecule has 3 heteroatoms. The number of carboxylic acid groups (broad SMARTS) is 1. The van der Waals surface area contributed by atoms with E-state index in [2.05, 4.69) is 13.8 Å². The lowest BCUT2D eigenvalue weighted by molar-refractivity contribution is -0.139. The molecule has 1 rings (SSSR count). The number of carboxylic acids is 1. The van der Waals surface area contributed by atoms with Gasteiger partial charge in [0, 0.05) is 0 Å². The fourth-order valence-corrected chi connectivity index (χ4v) is 1.46. The Bertz CT molecular complexity index is 187. The van der Waals surface area contributed by atoms with Gasteiger partial charge in [0.25, 0.3) is 0 Å². The molecule has 2 unspecified atom stereocenters. The highest BCUT2D eigenvalue weighted by atomic mass is 16.4. The van der Waals surface area contributed by atoms with Crippen LogP contribution >= 0.6 is 0 Å². The quantitative estimate of drug-likeness (QED) is 0.668. The lowest BCUT2D eigenvalue weighted by Gasteiger charge is -2.20. The predicted octanol–water partition coefficient (Wildman–Crippen LogP) is 1.22. The minimum absolute atomic E-state index is 0.382. The van der Waals surface area contributed by atoms with Gasteiger partial charge < -0.3 is 10.8 Å². The summed E-state index contributed by atoms with van der Waals surface area (Å²) in [6.07, 6.45) is 3.05. The number of nitrogens with two attached hydrogens (primary N) is 1. The molecule has 3 nitrogen and oxygen atoms in total. The molecule has 2 atom stereocenters. The van der Waals surface area contributed by atoms with Crippen LogP contribution in [-0.2, 0) is 4.79 Å². The number of rotatable bonds is 4. The van der Waals surface area contributed by atoms with Crippen molar-refractivity contribution in [1.82, 2.24) is 0 Å². The van der Waals surface area contributed by atoms with Gasteiger partial charge in [-0.2, -0.15) is 0 Å². The first-order valence-electron chi connectivity index (χ1n) is 4.44. The van der Waals surface area contributed by atoms with Crippen molar-refractivity contribution in [2.24, 2.45) is 17.1 Å². The Morgan fingerprint density at radius 3 is 2.50 bits per heavy atom. The molecule has 1 fully saturated rings. The minimum atomic E-state index is -0.883. The molecule has 0 bridgehead atoms. The molecule has 70 valence electrons. The topological polar surface area (TPSA) is 63.3 Å². The molecule has 0 aliphatic heterocycles. The van der Waals surface area contributed by atoms with E-state index in [1.54, 1.807) is 0 Å². The maximum atomic E-state index is 10.5. The van der Waals surface area contributed by atoms with Crippen LogP contribution in [0.4, 0.5) is 0 Å². The van der Waals surface area contributed by atoms with Crippen molar-refractivity contribution in [2.75, 3.05) is 0 Å². The van der Waals surface area contributed by atoms with E-state index in [1.165, 1.54) is 12.8 Å². The molecule has 0 radical (unpaired) electrons. The number of hydrogen-bond acceptors (Lipinski definition) is 2. The Kier molecular flexibility index (Phi) is 2.42. The monoisotopic (exact) mass is 171 g/mol. The third-order valence-electron chi connectivity index (χ3n) is 3.15. The molecule has 0 aromatic carbocycles. The Balaban J connectivity index is 2.35. The number of carbonyl (C=O) groups is 1. The number of hydrogen-bond donors (Lipinski definition) is 2. The van der Waals surface area contributed by atoms with Crippen LogP contribution in [0.25, 0.3) is 0 Å². The second kappa shape index (κ2) is 3.05. The molecular formula is C9H17NO2. The molecule has 0 spiro atoms. The predicted molar refractivity (Wildman–Crippen MR) is 46.7 cm³/mol. The molecular weight excluding hydrogens is 154 g/mol. The molecule has 0 heterocycles. The largest absolute Gasteiger partial charge is 0.480 e. The Hall–Kier alpha value is -0.570. The van der Waals surface area contributed by atoms with Crippen molar-refractivity contribution in [3.05, 3.63) is 0 Å². The average Bonchev–Trinajstić information content (AvgIpc) is 2.69. The van der Waals surface area contributed by atoms with Gasteiger partial charge in [-0.25, -0.2) is 0 Å². The summed E-state index contributed by atoms with van der Waals surface area (Å²) in [5.41, 5.74) is 5.82. The molecule has 3 N–H and O–H groups in total. The molecule has 12 heavy (non-hydrogen) atoms. The summed E-state index contributed by atoms with van der Waals surface area (Å²) in [6.45, 7) is 4.29. The first-order valence-corrected chi connectivity index (χ1v) is 4.44. The summed E-state index contributed by atoms with van der Waals surface area (Å²) in [7, 11) is 0. The van der Waals surface area contributed by atoms with E-state index in [1.807, 2.05) is 0 Å². The van der Waals surface area contributed by atoms with Crippen LogP contribution in [0.2, 0.25) is 0 Å². The highest BCUT2D eigenvalue weighted by molar-refractivity contribution is 5.73. The summed E-state index contributed by atoms with van der Waals surface area (Å²) in [6, 6.07) is -0.683. The van der Waals surface area contributed by atoms with Crippen molar-refractivity contribution in [1.29, 1.82) is 0 Å². The SMILES string of the molecule is CC(CC(N)C(=O)O)C1(C)CC1. The zero-order valence-corrected chi connectivity index (χ0v) is 7.71. The van der Waals surface area contributed by atoms with Crippen molar-refractivity contribution >= 4 is 5.97 Å². The molecule has 0 amide bonds. The van der Waals surface area contributed by atoms with Gasteiger partial charge in [0.1, 0.15) is 6.04 Å². The fraction of sp³-hybridized carbons (Fsp3) is 0.889. The van der Waals surface area contributed by atoms with E-state index in [9.17, 15) is 4.79 Å². The Morgan fingerprint density at radius 1 is 1.67 bits per heavy atom. The summed E-state index contributed by atoms with van der Waals surface area (Å²) >= 11 is 0. The van der Waals surface area contributed by atoms with Crippen molar-refractivity contribution < 1.29 is 9.90 Å². The maximum Gasteiger partial charge on any atom is 0.320 e. The van der Waals surface area contributed by atoms with Gasteiger partial charge in [0.2, 0.25) is 0 Å². The van der Waals surface area contributed by atoms with E-state index in [4.69, 9.17) is 10.8 Å². The van der Waals surface area contributed by atoms with E-state index in [-0.39, 0.29) is 0 Å². The van der Waals surface area contributed by atoms with E-state index >= 15 is 0 Å². The smallest absolute Gasteiger partial charge is 0.320 e. The fourth-order valence-electron chi connectivity index (χ4n) is 1.46. The zero-order valence-electron chi connectivity index (χ0n) is 7.71. The second-order valence-corrected chi connectivity index (χ2v) is 4.24. The van der Waals surface area contributed by atoms with Crippen molar-refractivity contribution in [3.8, 4) is 0 Å². The summed E-state index contributed by atoms with van der Waals surface area (Å²) in [4.78, 5) is 10.5. The van der Waals surface area contributed by atoms with Gasteiger partial charge in [0.05, 0.1) is 0 Å². The van der Waals surface area contributed by atoms with Gasteiger partial charge in [0.15, 0.2) is 0 Å². The molecule has 0 aromatic heterocycles. The van der Waals surface area contributed by atoms with Gasteiger partial charge >= 0.3 is 5.97 Å². The van der Waals surface area contributed by atoms with Gasteiger partial charge in [-0.05, 0) is 30.6 Å². The van der Waals surface area contributed by atoms with Crippen molar-refractivity contribution in [2.45, 2.75) is 39.2 Å². The maximum absolute atomic E-state index is 10.5. The standard InChI is InChI=1S/C9H17NO2/c1-6(9(2)3-4-9)5-7(10)8(11)12/h6-7H,3-5,10H2,1-2H3,(H,11,12). The molecule has 0 aromatic rings. The first kappa shape index (κ1) is 9.52. The summed E-state index contributed by atoms with van der Waals surface area (Å²) < 4.78 is 0.